The first-order valence-corrected chi connectivity index (χ1v) is 4.83. The van der Waals surface area contributed by atoms with Crippen LogP contribution in [0.2, 0.25) is 0 Å². The molecule has 0 aliphatic rings. The topological polar surface area (TPSA) is 92.4 Å². The maximum atomic E-state index is 11.8. The number of nitrogens with two attached hydrogens (primary N) is 1. The van der Waals surface area contributed by atoms with Gasteiger partial charge in [0, 0.05) is 5.54 Å². The molecule has 0 aromatic rings. The first kappa shape index (κ1) is 13.9. The van der Waals surface area contributed by atoms with Crippen molar-refractivity contribution in [3.05, 3.63) is 0 Å². The van der Waals surface area contributed by atoms with E-state index in [1.165, 1.54) is 6.92 Å². The van der Waals surface area contributed by atoms with Crippen LogP contribution in [0.5, 0.6) is 0 Å². The third-order valence-electron chi connectivity index (χ3n) is 2.90. The second-order valence-corrected chi connectivity index (χ2v) is 4.88. The fourth-order valence-electron chi connectivity index (χ4n) is 0.731. The first-order valence-electron chi connectivity index (χ1n) is 4.83. The second kappa shape index (κ2) is 4.18. The van der Waals surface area contributed by atoms with Crippen LogP contribution in [0.25, 0.3) is 0 Å². The molecule has 5 nitrogen and oxygen atoms in total. The van der Waals surface area contributed by atoms with E-state index < -0.39 is 23.0 Å². The fraction of sp³-hybridized carbons (Fsp3) is 0.800. The Morgan fingerprint density at radius 3 is 1.93 bits per heavy atom. The van der Waals surface area contributed by atoms with Crippen molar-refractivity contribution in [3.8, 4) is 0 Å². The molecule has 0 bridgehead atoms. The molecule has 15 heavy (non-hydrogen) atoms. The molecule has 88 valence electrons. The van der Waals surface area contributed by atoms with Gasteiger partial charge in [0.2, 0.25) is 5.91 Å². The van der Waals surface area contributed by atoms with Crippen LogP contribution < -0.4 is 11.1 Å². The summed E-state index contributed by atoms with van der Waals surface area (Å²) in [5.74, 6) is -1.42. The second-order valence-electron chi connectivity index (χ2n) is 4.88. The Morgan fingerprint density at radius 2 is 1.67 bits per heavy atom. The minimum absolute atomic E-state index is 0.357. The Kier molecular flexibility index (Phi) is 3.88. The Morgan fingerprint density at radius 1 is 1.27 bits per heavy atom. The lowest BCUT2D eigenvalue weighted by Gasteiger charge is -2.37. The highest BCUT2D eigenvalue weighted by atomic mass is 16.4. The smallest absolute Gasteiger partial charge is 0.325 e. The van der Waals surface area contributed by atoms with Gasteiger partial charge in [-0.2, -0.15) is 0 Å². The molecule has 0 aliphatic carbocycles. The summed E-state index contributed by atoms with van der Waals surface area (Å²) < 4.78 is 0. The summed E-state index contributed by atoms with van der Waals surface area (Å²) in [4.78, 5) is 22.3. The average molecular weight is 216 g/mol. The van der Waals surface area contributed by atoms with Crippen molar-refractivity contribution in [3.63, 3.8) is 0 Å². The number of carbonyl (C=O) groups excluding carboxylic acids is 1. The van der Waals surface area contributed by atoms with E-state index in [-0.39, 0.29) is 5.91 Å². The Labute approximate surface area is 90.0 Å². The monoisotopic (exact) mass is 216 g/mol. The zero-order valence-electron chi connectivity index (χ0n) is 9.92. The Balaban J connectivity index is 4.66. The lowest BCUT2D eigenvalue weighted by atomic mass is 9.74. The van der Waals surface area contributed by atoms with Crippen molar-refractivity contribution in [1.82, 2.24) is 5.32 Å². The SMILES string of the molecule is C[C@H](NC(=O)C(C)(C)C(C)(C)N)C(=O)O. The first-order chi connectivity index (χ1) is 6.50. The number of amides is 1. The third kappa shape index (κ3) is 3.20. The molecule has 1 amide bonds. The minimum Gasteiger partial charge on any atom is -0.480 e. The van der Waals surface area contributed by atoms with Gasteiger partial charge in [0.1, 0.15) is 6.04 Å². The van der Waals surface area contributed by atoms with Crippen molar-refractivity contribution in [2.45, 2.75) is 46.2 Å². The zero-order chi connectivity index (χ0) is 12.4. The maximum Gasteiger partial charge on any atom is 0.325 e. The number of carboxylic acid groups (broad SMARTS) is 1. The predicted octanol–water partition coefficient (Wildman–Crippen LogP) is 0.339. The van der Waals surface area contributed by atoms with Crippen molar-refractivity contribution >= 4 is 11.9 Å². The van der Waals surface area contributed by atoms with Crippen molar-refractivity contribution in [1.29, 1.82) is 0 Å². The number of aliphatic carboxylic acids is 1. The summed E-state index contributed by atoms with van der Waals surface area (Å²) in [6.07, 6.45) is 0. The van der Waals surface area contributed by atoms with Crippen LogP contribution in [0.15, 0.2) is 0 Å². The summed E-state index contributed by atoms with van der Waals surface area (Å²) in [6.45, 7) is 8.27. The van der Waals surface area contributed by atoms with E-state index in [9.17, 15) is 9.59 Å². The molecule has 0 aliphatic heterocycles. The van der Waals surface area contributed by atoms with Gasteiger partial charge in [-0.05, 0) is 34.6 Å². The van der Waals surface area contributed by atoms with Gasteiger partial charge in [-0.15, -0.1) is 0 Å². The van der Waals surface area contributed by atoms with E-state index in [0.717, 1.165) is 0 Å². The number of carboxylic acids is 1. The van der Waals surface area contributed by atoms with Crippen LogP contribution in [0.4, 0.5) is 0 Å². The summed E-state index contributed by atoms with van der Waals surface area (Å²) in [5, 5.41) is 11.1. The number of hydrogen-bond acceptors (Lipinski definition) is 3. The Hall–Kier alpha value is -1.10. The van der Waals surface area contributed by atoms with Crippen LogP contribution >= 0.6 is 0 Å². The van der Waals surface area contributed by atoms with E-state index >= 15 is 0 Å². The van der Waals surface area contributed by atoms with Gasteiger partial charge in [-0.3, -0.25) is 9.59 Å². The van der Waals surface area contributed by atoms with Gasteiger partial charge < -0.3 is 16.2 Å². The predicted molar refractivity (Wildman–Crippen MR) is 57.3 cm³/mol. The molecule has 0 rings (SSSR count). The fourth-order valence-corrected chi connectivity index (χ4v) is 0.731. The van der Waals surface area contributed by atoms with Crippen LogP contribution in [-0.4, -0.2) is 28.6 Å². The van der Waals surface area contributed by atoms with E-state index in [2.05, 4.69) is 5.32 Å². The highest BCUT2D eigenvalue weighted by molar-refractivity contribution is 5.87. The van der Waals surface area contributed by atoms with E-state index in [1.54, 1.807) is 27.7 Å². The summed E-state index contributed by atoms with van der Waals surface area (Å²) >= 11 is 0. The van der Waals surface area contributed by atoms with Gasteiger partial charge in [-0.1, -0.05) is 0 Å². The highest BCUT2D eigenvalue weighted by Gasteiger charge is 2.41. The molecule has 4 N–H and O–H groups in total. The van der Waals surface area contributed by atoms with E-state index in [0.29, 0.717) is 0 Å². The quantitative estimate of drug-likeness (QED) is 0.631. The van der Waals surface area contributed by atoms with Crippen LogP contribution in [0.3, 0.4) is 0 Å². The number of hydrogen-bond donors (Lipinski definition) is 3. The van der Waals surface area contributed by atoms with Gasteiger partial charge in [0.05, 0.1) is 5.41 Å². The molecule has 0 saturated carbocycles. The molecule has 0 heterocycles. The van der Waals surface area contributed by atoms with Crippen LogP contribution in [0, 0.1) is 5.41 Å². The van der Waals surface area contributed by atoms with E-state index in [1.807, 2.05) is 0 Å². The normalized spacial score (nSPS) is 14.5. The van der Waals surface area contributed by atoms with Gasteiger partial charge in [0.25, 0.3) is 0 Å². The largest absolute Gasteiger partial charge is 0.480 e. The summed E-state index contributed by atoms with van der Waals surface area (Å²) in [5.41, 5.74) is 4.32. The van der Waals surface area contributed by atoms with Gasteiger partial charge >= 0.3 is 5.97 Å². The lowest BCUT2D eigenvalue weighted by molar-refractivity contribution is -0.143. The number of rotatable bonds is 4. The molecule has 0 aromatic carbocycles. The number of carbonyl (C=O) groups is 2. The van der Waals surface area contributed by atoms with Gasteiger partial charge in [0.15, 0.2) is 0 Å². The van der Waals surface area contributed by atoms with E-state index in [4.69, 9.17) is 10.8 Å². The molecule has 1 atom stereocenters. The summed E-state index contributed by atoms with van der Waals surface area (Å²) in [7, 11) is 0. The van der Waals surface area contributed by atoms with Gasteiger partial charge in [-0.25, -0.2) is 0 Å². The molecular formula is C10H20N2O3. The van der Waals surface area contributed by atoms with Crippen molar-refractivity contribution in [2.75, 3.05) is 0 Å². The average Bonchev–Trinajstić information content (AvgIpc) is 2.01. The molecule has 0 saturated heterocycles. The maximum absolute atomic E-state index is 11.8. The van der Waals surface area contributed by atoms with Crippen molar-refractivity contribution < 1.29 is 14.7 Å². The molecular weight excluding hydrogens is 196 g/mol. The highest BCUT2D eigenvalue weighted by Crippen LogP contribution is 2.28. The Bertz CT molecular complexity index is 266. The van der Waals surface area contributed by atoms with Crippen molar-refractivity contribution in [2.24, 2.45) is 11.1 Å². The molecule has 0 spiro atoms. The van der Waals surface area contributed by atoms with Crippen LogP contribution in [0.1, 0.15) is 34.6 Å². The molecule has 0 fully saturated rings. The number of nitrogens with one attached hydrogen (secondary N) is 1. The standard InChI is InChI=1S/C10H20N2O3/c1-6(7(13)14)12-8(15)9(2,3)10(4,5)11/h6H,11H2,1-5H3,(H,12,15)(H,13,14)/t6-/m0/s1. The molecule has 0 aromatic heterocycles. The van der Waals surface area contributed by atoms with Crippen LogP contribution in [-0.2, 0) is 9.59 Å². The summed E-state index contributed by atoms with van der Waals surface area (Å²) in [6, 6.07) is -0.904. The molecule has 5 heteroatoms. The minimum atomic E-state index is -1.06. The molecule has 0 radical (unpaired) electrons. The molecule has 0 unspecified atom stereocenters. The zero-order valence-corrected chi connectivity index (χ0v) is 9.92. The lowest BCUT2D eigenvalue weighted by Crippen LogP contribution is -2.57. The third-order valence-corrected chi connectivity index (χ3v) is 2.90.